The zero-order valence-corrected chi connectivity index (χ0v) is 16.6. The van der Waals surface area contributed by atoms with Crippen LogP contribution in [0.4, 0.5) is 5.69 Å². The van der Waals surface area contributed by atoms with Gasteiger partial charge in [-0.1, -0.05) is 36.4 Å². The molecule has 2 aromatic carbocycles. The Bertz CT molecular complexity index is 1090. The zero-order valence-electron chi connectivity index (χ0n) is 15.8. The first-order chi connectivity index (χ1) is 14.2. The van der Waals surface area contributed by atoms with E-state index in [1.54, 1.807) is 12.4 Å². The number of aryl methyl sites for hydroxylation is 1. The molecule has 1 aliphatic heterocycles. The first kappa shape index (κ1) is 19.0. The Kier molecular flexibility index (Phi) is 5.72. The molecule has 1 fully saturated rings. The number of para-hydroxylation sites is 1. The van der Waals surface area contributed by atoms with Crippen molar-refractivity contribution in [1.82, 2.24) is 10.3 Å². The van der Waals surface area contributed by atoms with Crippen molar-refractivity contribution in [2.75, 3.05) is 0 Å². The predicted molar refractivity (Wildman–Crippen MR) is 117 cm³/mol. The van der Waals surface area contributed by atoms with E-state index in [0.717, 1.165) is 22.4 Å². The van der Waals surface area contributed by atoms with Crippen molar-refractivity contribution in [3.05, 3.63) is 94.7 Å². The largest absolute Gasteiger partial charge is 0.488 e. The number of aliphatic imine (C=N–C) groups is 1. The maximum Gasteiger partial charge on any atom is 0.264 e. The summed E-state index contributed by atoms with van der Waals surface area (Å²) in [6, 6.07) is 19.3. The SMILES string of the molecule is Cc1cccc(N=C2NC(=O)C(=Cc3ccccc3OCc3cccnc3)S2)c1. The van der Waals surface area contributed by atoms with E-state index in [1.165, 1.54) is 11.8 Å². The lowest BCUT2D eigenvalue weighted by Gasteiger charge is -2.09. The number of ether oxygens (including phenoxy) is 1. The Balaban J connectivity index is 1.53. The molecular weight excluding hydrogens is 382 g/mol. The van der Waals surface area contributed by atoms with Crippen LogP contribution in [0.1, 0.15) is 16.7 Å². The first-order valence-corrected chi connectivity index (χ1v) is 9.96. The second-order valence-electron chi connectivity index (χ2n) is 6.51. The van der Waals surface area contributed by atoms with Gasteiger partial charge in [0.15, 0.2) is 5.17 Å². The molecule has 1 saturated heterocycles. The van der Waals surface area contributed by atoms with Gasteiger partial charge < -0.3 is 10.1 Å². The highest BCUT2D eigenvalue weighted by molar-refractivity contribution is 8.18. The Morgan fingerprint density at radius 2 is 2.03 bits per heavy atom. The van der Waals surface area contributed by atoms with Crippen LogP contribution in [-0.4, -0.2) is 16.1 Å². The third-order valence-corrected chi connectivity index (χ3v) is 5.12. The number of hydrogen-bond acceptors (Lipinski definition) is 5. The summed E-state index contributed by atoms with van der Waals surface area (Å²) in [4.78, 5) is 21.6. The standard InChI is InChI=1S/C23H19N3O2S/c1-16-6-4-9-19(12-16)25-23-26-22(27)21(29-23)13-18-8-2-3-10-20(18)28-15-17-7-5-11-24-14-17/h2-14H,15H2,1H3,(H,25,26,27). The highest BCUT2D eigenvalue weighted by Crippen LogP contribution is 2.31. The summed E-state index contributed by atoms with van der Waals surface area (Å²) in [6.07, 6.45) is 5.33. The highest BCUT2D eigenvalue weighted by Gasteiger charge is 2.24. The number of benzene rings is 2. The molecule has 3 aromatic rings. The number of aromatic nitrogens is 1. The minimum atomic E-state index is -0.163. The van der Waals surface area contributed by atoms with Gasteiger partial charge in [0.25, 0.3) is 5.91 Å². The van der Waals surface area contributed by atoms with Gasteiger partial charge in [0, 0.05) is 23.5 Å². The second kappa shape index (κ2) is 8.75. The summed E-state index contributed by atoms with van der Waals surface area (Å²) in [6.45, 7) is 2.42. The number of carbonyl (C=O) groups is 1. The van der Waals surface area contributed by atoms with Crippen molar-refractivity contribution in [3.63, 3.8) is 0 Å². The topological polar surface area (TPSA) is 63.6 Å². The molecule has 0 unspecified atom stereocenters. The number of amides is 1. The highest BCUT2D eigenvalue weighted by atomic mass is 32.2. The number of rotatable bonds is 5. The van der Waals surface area contributed by atoms with Crippen molar-refractivity contribution in [2.45, 2.75) is 13.5 Å². The van der Waals surface area contributed by atoms with Gasteiger partial charge in [-0.25, -0.2) is 4.99 Å². The molecule has 5 nitrogen and oxygen atoms in total. The van der Waals surface area contributed by atoms with E-state index in [9.17, 15) is 4.79 Å². The lowest BCUT2D eigenvalue weighted by Crippen LogP contribution is -2.19. The third kappa shape index (κ3) is 4.92. The van der Waals surface area contributed by atoms with E-state index in [0.29, 0.717) is 22.4 Å². The summed E-state index contributed by atoms with van der Waals surface area (Å²) < 4.78 is 5.95. The van der Waals surface area contributed by atoms with Crippen LogP contribution < -0.4 is 10.1 Å². The van der Waals surface area contributed by atoms with Crippen molar-refractivity contribution < 1.29 is 9.53 Å². The monoisotopic (exact) mass is 401 g/mol. The van der Waals surface area contributed by atoms with Crippen LogP contribution in [0.5, 0.6) is 5.75 Å². The minimum Gasteiger partial charge on any atom is -0.488 e. The fraction of sp³-hybridized carbons (Fsp3) is 0.0870. The van der Waals surface area contributed by atoms with Crippen LogP contribution in [-0.2, 0) is 11.4 Å². The number of carbonyl (C=O) groups excluding carboxylic acids is 1. The summed E-state index contributed by atoms with van der Waals surface area (Å²) in [5, 5.41) is 3.40. The summed E-state index contributed by atoms with van der Waals surface area (Å²) in [7, 11) is 0. The molecular formula is C23H19N3O2S. The molecule has 0 radical (unpaired) electrons. The second-order valence-corrected chi connectivity index (χ2v) is 7.54. The molecule has 144 valence electrons. The van der Waals surface area contributed by atoms with Gasteiger partial charge in [0.1, 0.15) is 12.4 Å². The lowest BCUT2D eigenvalue weighted by molar-refractivity contribution is -0.115. The molecule has 1 amide bonds. The van der Waals surface area contributed by atoms with Crippen molar-refractivity contribution in [3.8, 4) is 5.75 Å². The third-order valence-electron chi connectivity index (χ3n) is 4.21. The zero-order chi connectivity index (χ0) is 20.1. The predicted octanol–water partition coefficient (Wildman–Crippen LogP) is 4.86. The van der Waals surface area contributed by atoms with E-state index in [-0.39, 0.29) is 5.91 Å². The van der Waals surface area contributed by atoms with Crippen LogP contribution in [0, 0.1) is 6.92 Å². The van der Waals surface area contributed by atoms with Gasteiger partial charge in [0.2, 0.25) is 0 Å². The average Bonchev–Trinajstić information content (AvgIpc) is 3.07. The molecule has 29 heavy (non-hydrogen) atoms. The van der Waals surface area contributed by atoms with Gasteiger partial charge in [0.05, 0.1) is 10.6 Å². The van der Waals surface area contributed by atoms with Gasteiger partial charge >= 0.3 is 0 Å². The van der Waals surface area contributed by atoms with Gasteiger partial charge in [-0.05, 0) is 54.6 Å². The Morgan fingerprint density at radius 3 is 2.86 bits per heavy atom. The molecule has 6 heteroatoms. The summed E-state index contributed by atoms with van der Waals surface area (Å²) in [5.41, 5.74) is 3.76. The molecule has 4 rings (SSSR count). The van der Waals surface area contributed by atoms with Crippen LogP contribution in [0.2, 0.25) is 0 Å². The molecule has 0 spiro atoms. The van der Waals surface area contributed by atoms with Gasteiger partial charge in [-0.3, -0.25) is 9.78 Å². The molecule has 2 heterocycles. The first-order valence-electron chi connectivity index (χ1n) is 9.14. The van der Waals surface area contributed by atoms with E-state index in [1.807, 2.05) is 73.7 Å². The Morgan fingerprint density at radius 1 is 1.14 bits per heavy atom. The lowest BCUT2D eigenvalue weighted by atomic mass is 10.2. The molecule has 1 N–H and O–H groups in total. The van der Waals surface area contributed by atoms with Crippen LogP contribution >= 0.6 is 11.8 Å². The quantitative estimate of drug-likeness (QED) is 0.620. The number of thioether (sulfide) groups is 1. The fourth-order valence-corrected chi connectivity index (χ4v) is 3.65. The van der Waals surface area contributed by atoms with Gasteiger partial charge in [-0.2, -0.15) is 0 Å². The normalized spacial score (nSPS) is 16.2. The van der Waals surface area contributed by atoms with E-state index in [2.05, 4.69) is 15.3 Å². The molecule has 1 aromatic heterocycles. The number of amidine groups is 1. The van der Waals surface area contributed by atoms with Crippen molar-refractivity contribution >= 4 is 34.6 Å². The van der Waals surface area contributed by atoms with Crippen LogP contribution in [0.25, 0.3) is 6.08 Å². The average molecular weight is 401 g/mol. The van der Waals surface area contributed by atoms with Crippen molar-refractivity contribution in [1.29, 1.82) is 0 Å². The fourth-order valence-electron chi connectivity index (χ4n) is 2.81. The van der Waals surface area contributed by atoms with E-state index < -0.39 is 0 Å². The van der Waals surface area contributed by atoms with Gasteiger partial charge in [-0.15, -0.1) is 0 Å². The maximum absolute atomic E-state index is 12.4. The van der Waals surface area contributed by atoms with Crippen molar-refractivity contribution in [2.24, 2.45) is 4.99 Å². The molecule has 0 atom stereocenters. The summed E-state index contributed by atoms with van der Waals surface area (Å²) in [5.74, 6) is 0.546. The Labute approximate surface area is 173 Å². The molecule has 1 aliphatic rings. The van der Waals surface area contributed by atoms with E-state index in [4.69, 9.17) is 4.74 Å². The number of nitrogens with one attached hydrogen (secondary N) is 1. The molecule has 0 aliphatic carbocycles. The molecule has 0 bridgehead atoms. The maximum atomic E-state index is 12.4. The number of hydrogen-bond donors (Lipinski definition) is 1. The number of pyridine rings is 1. The van der Waals surface area contributed by atoms with E-state index >= 15 is 0 Å². The number of nitrogens with zero attached hydrogens (tertiary/aromatic N) is 2. The van der Waals surface area contributed by atoms with Crippen LogP contribution in [0.3, 0.4) is 0 Å². The van der Waals surface area contributed by atoms with Crippen LogP contribution in [0.15, 0.2) is 83.0 Å². The Hall–Kier alpha value is -3.38. The minimum absolute atomic E-state index is 0.163. The smallest absolute Gasteiger partial charge is 0.264 e. The summed E-state index contributed by atoms with van der Waals surface area (Å²) >= 11 is 1.32. The molecule has 0 saturated carbocycles.